The van der Waals surface area contributed by atoms with Crippen LogP contribution in [0.4, 0.5) is 10.1 Å². The minimum atomic E-state index is -0.844. The van der Waals surface area contributed by atoms with Gasteiger partial charge in [0.2, 0.25) is 0 Å². The SMILES string of the molecule is COC(=O)C1COCCN1C(=O)c1cc(F)ccc1N. The fraction of sp³-hybridized carbons (Fsp3) is 0.385. The molecule has 1 heterocycles. The van der Waals surface area contributed by atoms with Crippen molar-refractivity contribution in [1.82, 2.24) is 4.90 Å². The number of amides is 1. The van der Waals surface area contributed by atoms with E-state index in [1.807, 2.05) is 0 Å². The maximum absolute atomic E-state index is 13.3. The zero-order valence-electron chi connectivity index (χ0n) is 11.0. The summed E-state index contributed by atoms with van der Waals surface area (Å²) in [6.45, 7) is 0.566. The van der Waals surface area contributed by atoms with Gasteiger partial charge in [0.05, 0.1) is 25.9 Å². The molecule has 1 amide bonds. The lowest BCUT2D eigenvalue weighted by Gasteiger charge is -2.33. The van der Waals surface area contributed by atoms with Gasteiger partial charge in [0.25, 0.3) is 5.91 Å². The van der Waals surface area contributed by atoms with E-state index < -0.39 is 23.7 Å². The zero-order valence-corrected chi connectivity index (χ0v) is 11.0. The Morgan fingerprint density at radius 2 is 2.25 bits per heavy atom. The lowest BCUT2D eigenvalue weighted by atomic mass is 10.1. The smallest absolute Gasteiger partial charge is 0.331 e. The Hall–Kier alpha value is -2.15. The average molecular weight is 282 g/mol. The summed E-state index contributed by atoms with van der Waals surface area (Å²) in [5.74, 6) is -1.65. The van der Waals surface area contributed by atoms with Crippen LogP contribution in [0.2, 0.25) is 0 Å². The first kappa shape index (κ1) is 14.3. The van der Waals surface area contributed by atoms with E-state index in [0.29, 0.717) is 6.61 Å². The number of nitrogens with two attached hydrogens (primary N) is 1. The number of ether oxygens (including phenoxy) is 2. The number of hydrogen-bond donors (Lipinski definition) is 1. The number of esters is 1. The number of carbonyl (C=O) groups excluding carboxylic acids is 2. The van der Waals surface area contributed by atoms with E-state index in [1.165, 1.54) is 24.1 Å². The molecule has 2 N–H and O–H groups in total. The van der Waals surface area contributed by atoms with Crippen LogP contribution >= 0.6 is 0 Å². The van der Waals surface area contributed by atoms with Crippen LogP contribution in [0.15, 0.2) is 18.2 Å². The number of rotatable bonds is 2. The summed E-state index contributed by atoms with van der Waals surface area (Å²) < 4.78 is 23.1. The summed E-state index contributed by atoms with van der Waals surface area (Å²) in [5.41, 5.74) is 5.88. The number of carbonyl (C=O) groups is 2. The second-order valence-electron chi connectivity index (χ2n) is 4.34. The molecule has 2 rings (SSSR count). The van der Waals surface area contributed by atoms with Gasteiger partial charge in [-0.05, 0) is 18.2 Å². The predicted molar refractivity (Wildman–Crippen MR) is 68.5 cm³/mol. The van der Waals surface area contributed by atoms with Gasteiger partial charge in [-0.1, -0.05) is 0 Å². The second kappa shape index (κ2) is 5.87. The first-order chi connectivity index (χ1) is 9.54. The van der Waals surface area contributed by atoms with Crippen molar-refractivity contribution in [3.63, 3.8) is 0 Å². The Balaban J connectivity index is 2.30. The molecule has 0 aromatic heterocycles. The monoisotopic (exact) mass is 282 g/mol. The van der Waals surface area contributed by atoms with Crippen LogP contribution in [0.3, 0.4) is 0 Å². The van der Waals surface area contributed by atoms with Crippen LogP contribution in [-0.2, 0) is 14.3 Å². The first-order valence-electron chi connectivity index (χ1n) is 6.06. The highest BCUT2D eigenvalue weighted by Gasteiger charge is 2.34. The Labute approximate surface area is 115 Å². The topological polar surface area (TPSA) is 81.9 Å². The van der Waals surface area contributed by atoms with Crippen molar-refractivity contribution < 1.29 is 23.5 Å². The number of morpholine rings is 1. The van der Waals surface area contributed by atoms with Crippen LogP contribution in [0, 0.1) is 5.82 Å². The minimum absolute atomic E-state index is 0.0285. The molecule has 1 aliphatic rings. The molecule has 0 saturated carbocycles. The van der Waals surface area contributed by atoms with E-state index in [4.69, 9.17) is 10.5 Å². The molecule has 1 aromatic carbocycles. The van der Waals surface area contributed by atoms with Gasteiger partial charge in [-0.2, -0.15) is 0 Å². The highest BCUT2D eigenvalue weighted by atomic mass is 19.1. The Morgan fingerprint density at radius 3 is 2.95 bits per heavy atom. The van der Waals surface area contributed by atoms with Crippen molar-refractivity contribution in [2.45, 2.75) is 6.04 Å². The van der Waals surface area contributed by atoms with E-state index in [2.05, 4.69) is 4.74 Å². The molecule has 20 heavy (non-hydrogen) atoms. The highest BCUT2D eigenvalue weighted by molar-refractivity contribution is 6.01. The molecule has 1 atom stereocenters. The normalized spacial score (nSPS) is 18.7. The maximum Gasteiger partial charge on any atom is 0.331 e. The van der Waals surface area contributed by atoms with E-state index in [1.54, 1.807) is 0 Å². The van der Waals surface area contributed by atoms with E-state index in [-0.39, 0.29) is 24.4 Å². The molecule has 1 aliphatic heterocycles. The summed E-state index contributed by atoms with van der Waals surface area (Å²) in [4.78, 5) is 25.4. The molecule has 1 unspecified atom stereocenters. The van der Waals surface area contributed by atoms with Crippen molar-refractivity contribution >= 4 is 17.6 Å². The number of anilines is 1. The fourth-order valence-electron chi connectivity index (χ4n) is 2.05. The summed E-state index contributed by atoms with van der Waals surface area (Å²) in [6.07, 6.45) is 0. The van der Waals surface area contributed by atoms with Crippen LogP contribution in [0.1, 0.15) is 10.4 Å². The van der Waals surface area contributed by atoms with Crippen molar-refractivity contribution in [1.29, 1.82) is 0 Å². The molecular formula is C13H15FN2O4. The van der Waals surface area contributed by atoms with E-state index >= 15 is 0 Å². The summed E-state index contributed by atoms with van der Waals surface area (Å²) in [7, 11) is 1.23. The third kappa shape index (κ3) is 2.72. The van der Waals surface area contributed by atoms with Crippen molar-refractivity contribution in [3.8, 4) is 0 Å². The standard InChI is InChI=1S/C13H15FN2O4/c1-19-13(18)11-7-20-5-4-16(11)12(17)9-6-8(14)2-3-10(9)15/h2-3,6,11H,4-5,7,15H2,1H3. The molecule has 0 aliphatic carbocycles. The molecule has 6 nitrogen and oxygen atoms in total. The number of halogens is 1. The predicted octanol–water partition coefficient (Wildman–Crippen LogP) is 0.422. The molecule has 108 valence electrons. The third-order valence-corrected chi connectivity index (χ3v) is 3.11. The summed E-state index contributed by atoms with van der Waals surface area (Å²) in [6, 6.07) is 2.70. The lowest BCUT2D eigenvalue weighted by Crippen LogP contribution is -2.53. The molecule has 1 aromatic rings. The molecular weight excluding hydrogens is 267 g/mol. The van der Waals surface area contributed by atoms with Gasteiger partial charge in [0.15, 0.2) is 6.04 Å². The van der Waals surface area contributed by atoms with Crippen LogP contribution in [0.25, 0.3) is 0 Å². The van der Waals surface area contributed by atoms with Gasteiger partial charge in [-0.25, -0.2) is 9.18 Å². The number of nitrogens with zero attached hydrogens (tertiary/aromatic N) is 1. The lowest BCUT2D eigenvalue weighted by molar-refractivity contribution is -0.151. The van der Waals surface area contributed by atoms with Gasteiger partial charge < -0.3 is 20.1 Å². The number of nitrogen functional groups attached to an aromatic ring is 1. The fourth-order valence-corrected chi connectivity index (χ4v) is 2.05. The molecule has 1 saturated heterocycles. The van der Waals surface area contributed by atoms with Gasteiger partial charge in [-0.15, -0.1) is 0 Å². The van der Waals surface area contributed by atoms with Gasteiger partial charge >= 0.3 is 5.97 Å². The quantitative estimate of drug-likeness (QED) is 0.628. The summed E-state index contributed by atoms with van der Waals surface area (Å²) in [5, 5.41) is 0. The zero-order chi connectivity index (χ0) is 14.7. The van der Waals surface area contributed by atoms with Gasteiger partial charge in [-0.3, -0.25) is 4.79 Å². The van der Waals surface area contributed by atoms with Gasteiger partial charge in [0, 0.05) is 12.2 Å². The second-order valence-corrected chi connectivity index (χ2v) is 4.34. The largest absolute Gasteiger partial charge is 0.467 e. The summed E-state index contributed by atoms with van der Waals surface area (Å²) >= 11 is 0. The molecule has 1 fully saturated rings. The minimum Gasteiger partial charge on any atom is -0.467 e. The van der Waals surface area contributed by atoms with Crippen LogP contribution in [-0.4, -0.2) is 49.7 Å². The molecule has 0 bridgehead atoms. The number of methoxy groups -OCH3 is 1. The first-order valence-corrected chi connectivity index (χ1v) is 6.06. The maximum atomic E-state index is 13.3. The highest BCUT2D eigenvalue weighted by Crippen LogP contribution is 2.19. The van der Waals surface area contributed by atoms with Crippen molar-refractivity contribution in [2.75, 3.05) is 32.6 Å². The van der Waals surface area contributed by atoms with E-state index in [9.17, 15) is 14.0 Å². The van der Waals surface area contributed by atoms with Crippen LogP contribution in [0.5, 0.6) is 0 Å². The number of hydrogen-bond acceptors (Lipinski definition) is 5. The van der Waals surface area contributed by atoms with E-state index in [0.717, 1.165) is 6.07 Å². The van der Waals surface area contributed by atoms with Crippen molar-refractivity contribution in [3.05, 3.63) is 29.6 Å². The van der Waals surface area contributed by atoms with Crippen molar-refractivity contribution in [2.24, 2.45) is 0 Å². The molecule has 0 spiro atoms. The number of benzene rings is 1. The van der Waals surface area contributed by atoms with Gasteiger partial charge in [0.1, 0.15) is 5.82 Å². The third-order valence-electron chi connectivity index (χ3n) is 3.11. The molecule has 7 heteroatoms. The Kier molecular flexibility index (Phi) is 4.19. The molecule has 0 radical (unpaired) electrons. The Bertz CT molecular complexity index is 535. The Morgan fingerprint density at radius 1 is 1.50 bits per heavy atom. The van der Waals surface area contributed by atoms with Crippen LogP contribution < -0.4 is 5.73 Å². The average Bonchev–Trinajstić information content (AvgIpc) is 2.48.